The molecule has 7 atom stereocenters. The van der Waals surface area contributed by atoms with Gasteiger partial charge in [-0.2, -0.15) is 0 Å². The molecule has 8 rings (SSSR count). The van der Waals surface area contributed by atoms with Gasteiger partial charge in [0.25, 0.3) is 0 Å². The maximum atomic E-state index is 14.1. The number of hydrogen-bond acceptors (Lipinski definition) is 6. The number of aryl methyl sites for hydroxylation is 1. The van der Waals surface area contributed by atoms with Crippen LogP contribution in [0.15, 0.2) is 82.6 Å². The second kappa shape index (κ2) is 10.7. The van der Waals surface area contributed by atoms with Crippen LogP contribution in [0.4, 0.5) is 15.8 Å². The van der Waals surface area contributed by atoms with Crippen molar-refractivity contribution in [1.82, 2.24) is 4.57 Å². The van der Waals surface area contributed by atoms with E-state index in [1.807, 2.05) is 31.2 Å². The summed E-state index contributed by atoms with van der Waals surface area (Å²) in [5.74, 6) is -2.42. The number of amides is 3. The summed E-state index contributed by atoms with van der Waals surface area (Å²) >= 11 is 8.76. The molecule has 11 heteroatoms. The van der Waals surface area contributed by atoms with E-state index < -0.39 is 11.8 Å². The van der Waals surface area contributed by atoms with Gasteiger partial charge >= 0.3 is 4.87 Å². The van der Waals surface area contributed by atoms with Crippen molar-refractivity contribution in [1.29, 1.82) is 0 Å². The number of hydrogen-bond donors (Lipinski definition) is 1. The highest BCUT2D eigenvalue weighted by molar-refractivity contribution is 8.00. The van der Waals surface area contributed by atoms with Crippen LogP contribution >= 0.6 is 34.7 Å². The molecule has 7 unspecified atom stereocenters. The minimum atomic E-state index is -0.455. The normalized spacial score (nSPS) is 27.8. The molecule has 2 bridgehead atoms. The van der Waals surface area contributed by atoms with E-state index in [2.05, 4.69) is 5.32 Å². The SMILES string of the molecule is Cc1ccccc1NC(=O)Cn1c2c(sc1=O)C(c1ccc(F)cc1)C1C3CC(C1S2)C1C(=O)N(c2ccc(Cl)cc2)C(=O)C31. The van der Waals surface area contributed by atoms with E-state index in [9.17, 15) is 23.6 Å². The predicted molar refractivity (Wildman–Crippen MR) is 172 cm³/mol. The molecule has 3 fully saturated rings. The van der Waals surface area contributed by atoms with Crippen LogP contribution in [0.1, 0.15) is 28.3 Å². The zero-order chi connectivity index (χ0) is 31.1. The lowest BCUT2D eigenvalue weighted by molar-refractivity contribution is -0.123. The van der Waals surface area contributed by atoms with Gasteiger partial charge in [-0.1, -0.05) is 53.3 Å². The maximum Gasteiger partial charge on any atom is 0.308 e. The van der Waals surface area contributed by atoms with Crippen LogP contribution in [0.25, 0.3) is 0 Å². The Bertz CT molecular complexity index is 1940. The molecule has 4 aromatic rings. The number of thioether (sulfide) groups is 1. The molecule has 2 aliphatic carbocycles. The fourth-order valence-corrected chi connectivity index (χ4v) is 11.5. The van der Waals surface area contributed by atoms with Gasteiger partial charge in [-0.3, -0.25) is 28.6 Å². The lowest BCUT2D eigenvalue weighted by Crippen LogP contribution is -2.43. The molecule has 0 spiro atoms. The average molecular weight is 660 g/mol. The Morgan fingerprint density at radius 2 is 1.64 bits per heavy atom. The molecule has 45 heavy (non-hydrogen) atoms. The van der Waals surface area contributed by atoms with E-state index in [-0.39, 0.29) is 63.9 Å². The first-order valence-electron chi connectivity index (χ1n) is 14.9. The molecular formula is C34H27ClFN3O4S2. The summed E-state index contributed by atoms with van der Waals surface area (Å²) in [6.45, 7) is 1.75. The Labute approximate surface area is 271 Å². The molecule has 2 saturated carbocycles. The number of nitrogens with one attached hydrogen (secondary N) is 1. The first-order chi connectivity index (χ1) is 21.7. The third-order valence-corrected chi connectivity index (χ3v) is 13.0. The summed E-state index contributed by atoms with van der Waals surface area (Å²) in [6.07, 6.45) is 0.730. The summed E-state index contributed by atoms with van der Waals surface area (Å²) in [7, 11) is 0. The Balaban J connectivity index is 1.18. The number of imide groups is 1. The number of halogens is 2. The third-order valence-electron chi connectivity index (χ3n) is 9.98. The van der Waals surface area contributed by atoms with Crippen LogP contribution in [0.3, 0.4) is 0 Å². The van der Waals surface area contributed by atoms with Crippen LogP contribution in [0.5, 0.6) is 0 Å². The first-order valence-corrected chi connectivity index (χ1v) is 16.9. The topological polar surface area (TPSA) is 88.5 Å². The smallest absolute Gasteiger partial charge is 0.308 e. The number of anilines is 2. The number of carbonyl (C=O) groups is 3. The van der Waals surface area contributed by atoms with Crippen molar-refractivity contribution in [2.45, 2.75) is 36.1 Å². The number of benzene rings is 3. The standard InChI is InChI=1S/C34H27ClFN3O4S2/c1-16-4-2-3-5-23(16)37-24(40)15-38-33-30(45-34(38)43)25(17-6-10-19(36)11-7-17)26-21-14-22(29(26)44-33)28-27(21)31(41)39(32(28)42)20-12-8-18(35)9-13-20/h2-13,21-22,25-29H,14-15H2,1H3,(H,37,40). The zero-order valence-corrected chi connectivity index (χ0v) is 26.4. The van der Waals surface area contributed by atoms with Crippen LogP contribution in [0, 0.1) is 42.3 Å². The van der Waals surface area contributed by atoms with Crippen molar-refractivity contribution < 1.29 is 18.8 Å². The first kappa shape index (κ1) is 28.7. The predicted octanol–water partition coefficient (Wildman–Crippen LogP) is 6.33. The molecule has 1 aromatic heterocycles. The Hall–Kier alpha value is -3.73. The zero-order valence-electron chi connectivity index (χ0n) is 24.0. The summed E-state index contributed by atoms with van der Waals surface area (Å²) < 4.78 is 15.6. The number of para-hydroxylation sites is 1. The minimum Gasteiger partial charge on any atom is -0.324 e. The van der Waals surface area contributed by atoms with Gasteiger partial charge in [0, 0.05) is 26.8 Å². The molecule has 0 radical (unpaired) electrons. The second-order valence-corrected chi connectivity index (χ2v) is 14.9. The van der Waals surface area contributed by atoms with Crippen molar-refractivity contribution in [2.24, 2.45) is 29.6 Å². The van der Waals surface area contributed by atoms with E-state index >= 15 is 0 Å². The number of rotatable bonds is 5. The van der Waals surface area contributed by atoms with Gasteiger partial charge in [0.05, 0.1) is 22.5 Å². The lowest BCUT2D eigenvalue weighted by Gasteiger charge is -2.43. The van der Waals surface area contributed by atoms with E-state index in [0.717, 1.165) is 38.8 Å². The molecule has 7 nitrogen and oxygen atoms in total. The quantitative estimate of drug-likeness (QED) is 0.253. The highest BCUT2D eigenvalue weighted by atomic mass is 35.5. The molecule has 3 heterocycles. The largest absolute Gasteiger partial charge is 0.324 e. The molecule has 1 N–H and O–H groups in total. The lowest BCUT2D eigenvalue weighted by atomic mass is 9.68. The van der Waals surface area contributed by atoms with Crippen LogP contribution < -0.4 is 15.1 Å². The van der Waals surface area contributed by atoms with Gasteiger partial charge in [0.15, 0.2) is 0 Å². The fraction of sp³-hybridized carbons (Fsp3) is 0.294. The molecule has 3 aromatic carbocycles. The molecule has 228 valence electrons. The van der Waals surface area contributed by atoms with Gasteiger partial charge in [-0.15, -0.1) is 11.8 Å². The maximum absolute atomic E-state index is 14.1. The van der Waals surface area contributed by atoms with Crippen LogP contribution in [-0.2, 0) is 20.9 Å². The van der Waals surface area contributed by atoms with Gasteiger partial charge in [-0.25, -0.2) is 4.39 Å². The average Bonchev–Trinajstić information content (AvgIpc) is 3.74. The number of carbonyl (C=O) groups excluding carboxylic acids is 3. The molecular weight excluding hydrogens is 633 g/mol. The van der Waals surface area contributed by atoms with Crippen molar-refractivity contribution in [3.05, 3.63) is 109 Å². The molecule has 2 aliphatic heterocycles. The highest BCUT2D eigenvalue weighted by Crippen LogP contribution is 2.69. The van der Waals surface area contributed by atoms with Crippen molar-refractivity contribution in [2.75, 3.05) is 10.2 Å². The summed E-state index contributed by atoms with van der Waals surface area (Å²) in [6, 6.07) is 20.5. The van der Waals surface area contributed by atoms with Crippen molar-refractivity contribution in [3.8, 4) is 0 Å². The van der Waals surface area contributed by atoms with Gasteiger partial charge in [0.1, 0.15) is 12.4 Å². The molecule has 1 saturated heterocycles. The van der Waals surface area contributed by atoms with Gasteiger partial charge in [-0.05, 0) is 84.7 Å². The monoisotopic (exact) mass is 659 g/mol. The van der Waals surface area contributed by atoms with E-state index in [1.54, 1.807) is 48.2 Å². The Kier molecular flexibility index (Phi) is 6.81. The molecule has 4 aliphatic rings. The highest BCUT2D eigenvalue weighted by Gasteiger charge is 2.69. The number of thiazole rings is 1. The minimum absolute atomic E-state index is 0.0339. The second-order valence-electron chi connectivity index (χ2n) is 12.3. The van der Waals surface area contributed by atoms with Crippen LogP contribution in [0.2, 0.25) is 5.02 Å². The third kappa shape index (κ3) is 4.44. The van der Waals surface area contributed by atoms with E-state index in [1.165, 1.54) is 21.6 Å². The summed E-state index contributed by atoms with van der Waals surface area (Å²) in [5, 5.41) is 4.11. The molecule has 3 amide bonds. The van der Waals surface area contributed by atoms with Crippen molar-refractivity contribution >= 4 is 63.8 Å². The van der Waals surface area contributed by atoms with E-state index in [0.29, 0.717) is 16.4 Å². The van der Waals surface area contributed by atoms with Gasteiger partial charge in [0.2, 0.25) is 17.7 Å². The Morgan fingerprint density at radius 3 is 2.36 bits per heavy atom. The summed E-state index contributed by atoms with van der Waals surface area (Å²) in [5.41, 5.74) is 2.98. The van der Waals surface area contributed by atoms with Crippen LogP contribution in [-0.4, -0.2) is 27.5 Å². The number of aromatic nitrogens is 1. The van der Waals surface area contributed by atoms with Crippen molar-refractivity contribution in [3.63, 3.8) is 0 Å². The fourth-order valence-electron chi connectivity index (χ4n) is 8.19. The Morgan fingerprint density at radius 1 is 0.956 bits per heavy atom. The number of fused-ring (bicyclic) bond motifs is 9. The summed E-state index contributed by atoms with van der Waals surface area (Å²) in [4.78, 5) is 56.5. The number of nitrogens with zero attached hydrogens (tertiary/aromatic N) is 2. The van der Waals surface area contributed by atoms with E-state index in [4.69, 9.17) is 11.6 Å². The van der Waals surface area contributed by atoms with Gasteiger partial charge < -0.3 is 5.32 Å².